The molecule has 0 radical (unpaired) electrons. The van der Waals surface area contributed by atoms with Gasteiger partial charge in [0.05, 0.1) is 13.7 Å². The molecule has 7 nitrogen and oxygen atoms in total. The summed E-state index contributed by atoms with van der Waals surface area (Å²) in [5.74, 6) is 2.38. The fraction of sp³-hybridized carbons (Fsp3) is 0.579. The number of hydrogen-bond acceptors (Lipinski definition) is 4. The second kappa shape index (κ2) is 12.6. The molecule has 8 heteroatoms. The lowest BCUT2D eigenvalue weighted by Gasteiger charge is -2.16. The van der Waals surface area contributed by atoms with E-state index in [-0.39, 0.29) is 29.9 Å². The lowest BCUT2D eigenvalue weighted by Crippen LogP contribution is -2.31. The van der Waals surface area contributed by atoms with Crippen LogP contribution in [0.4, 0.5) is 5.69 Å². The van der Waals surface area contributed by atoms with Crippen LogP contribution >= 0.6 is 24.0 Å². The van der Waals surface area contributed by atoms with Crippen molar-refractivity contribution in [2.75, 3.05) is 45.2 Å². The number of carbonyl (C=O) groups excluding carboxylic acids is 1. The Bertz CT molecular complexity index is 625. The van der Waals surface area contributed by atoms with Gasteiger partial charge in [-0.05, 0) is 38.8 Å². The van der Waals surface area contributed by atoms with Crippen molar-refractivity contribution >= 4 is 41.5 Å². The lowest BCUT2D eigenvalue weighted by molar-refractivity contribution is -0.127. The Labute approximate surface area is 178 Å². The van der Waals surface area contributed by atoms with E-state index in [0.29, 0.717) is 31.3 Å². The minimum absolute atomic E-state index is 0. The molecule has 27 heavy (non-hydrogen) atoms. The molecule has 152 valence electrons. The number of amides is 1. The third-order valence-corrected chi connectivity index (χ3v) is 4.10. The monoisotopic (exact) mass is 490 g/mol. The van der Waals surface area contributed by atoms with Crippen LogP contribution in [0, 0.1) is 0 Å². The first-order valence-electron chi connectivity index (χ1n) is 9.31. The van der Waals surface area contributed by atoms with E-state index in [9.17, 15) is 4.79 Å². The number of hydrogen-bond donors (Lipinski definition) is 2. The van der Waals surface area contributed by atoms with Crippen molar-refractivity contribution in [3.05, 3.63) is 18.2 Å². The van der Waals surface area contributed by atoms with E-state index >= 15 is 0 Å². The molecule has 0 aromatic heterocycles. The number of carbonyl (C=O) groups is 1. The van der Waals surface area contributed by atoms with Gasteiger partial charge in [-0.25, -0.2) is 0 Å². The van der Waals surface area contributed by atoms with Crippen molar-refractivity contribution in [2.24, 2.45) is 4.99 Å². The minimum atomic E-state index is 0. The Morgan fingerprint density at radius 3 is 2.74 bits per heavy atom. The fourth-order valence-corrected chi connectivity index (χ4v) is 2.86. The van der Waals surface area contributed by atoms with Crippen LogP contribution in [0.5, 0.6) is 11.5 Å². The number of aliphatic imine (C=N–C) groups is 1. The summed E-state index contributed by atoms with van der Waals surface area (Å²) in [6.07, 6.45) is 2.52. The number of likely N-dealkylation sites (tertiary alicyclic amines) is 1. The fourth-order valence-electron chi connectivity index (χ4n) is 2.86. The summed E-state index contributed by atoms with van der Waals surface area (Å²) < 4.78 is 10.9. The SMILES string of the molecule is CCNC(=NCCCN1CCCC1=O)Nc1ccc(OCC)c(OC)c1.I. The Morgan fingerprint density at radius 1 is 1.30 bits per heavy atom. The van der Waals surface area contributed by atoms with E-state index in [0.717, 1.165) is 43.9 Å². The van der Waals surface area contributed by atoms with Gasteiger partial charge in [-0.3, -0.25) is 9.79 Å². The van der Waals surface area contributed by atoms with Gasteiger partial charge in [0.25, 0.3) is 0 Å². The number of halogens is 1. The molecular weight excluding hydrogens is 459 g/mol. The first kappa shape index (κ1) is 23.3. The summed E-state index contributed by atoms with van der Waals surface area (Å²) in [6.45, 7) is 7.65. The zero-order valence-corrected chi connectivity index (χ0v) is 18.7. The Kier molecular flexibility index (Phi) is 10.9. The molecule has 0 aliphatic carbocycles. The minimum Gasteiger partial charge on any atom is -0.493 e. The van der Waals surface area contributed by atoms with Crippen LogP contribution in [-0.2, 0) is 4.79 Å². The zero-order valence-electron chi connectivity index (χ0n) is 16.4. The molecule has 2 rings (SSSR count). The van der Waals surface area contributed by atoms with Gasteiger partial charge in [-0.15, -0.1) is 24.0 Å². The Balaban J connectivity index is 0.00000364. The summed E-state index contributed by atoms with van der Waals surface area (Å²) in [7, 11) is 1.63. The van der Waals surface area contributed by atoms with E-state index in [1.165, 1.54) is 0 Å². The molecule has 0 bridgehead atoms. The third-order valence-electron chi connectivity index (χ3n) is 4.10. The van der Waals surface area contributed by atoms with Crippen LogP contribution in [-0.4, -0.2) is 56.7 Å². The van der Waals surface area contributed by atoms with E-state index in [4.69, 9.17) is 9.47 Å². The van der Waals surface area contributed by atoms with Crippen LogP contribution in [0.15, 0.2) is 23.2 Å². The molecule has 1 heterocycles. The molecule has 1 fully saturated rings. The Hall–Kier alpha value is -1.71. The molecule has 1 aliphatic rings. The van der Waals surface area contributed by atoms with Gasteiger partial charge >= 0.3 is 0 Å². The predicted octanol–water partition coefficient (Wildman–Crippen LogP) is 3.10. The van der Waals surface area contributed by atoms with E-state index in [1.54, 1.807) is 7.11 Å². The van der Waals surface area contributed by atoms with Gasteiger partial charge in [0, 0.05) is 44.4 Å². The van der Waals surface area contributed by atoms with Crippen molar-refractivity contribution in [1.82, 2.24) is 10.2 Å². The molecule has 1 aromatic carbocycles. The predicted molar refractivity (Wildman–Crippen MR) is 120 cm³/mol. The van der Waals surface area contributed by atoms with E-state index < -0.39 is 0 Å². The third kappa shape index (κ3) is 7.43. The molecule has 1 amide bonds. The molecule has 1 aromatic rings. The largest absolute Gasteiger partial charge is 0.493 e. The maximum Gasteiger partial charge on any atom is 0.222 e. The maximum atomic E-state index is 11.6. The highest BCUT2D eigenvalue weighted by Gasteiger charge is 2.18. The molecule has 1 saturated heterocycles. The second-order valence-corrected chi connectivity index (χ2v) is 6.02. The van der Waals surface area contributed by atoms with E-state index in [2.05, 4.69) is 15.6 Å². The van der Waals surface area contributed by atoms with Crippen LogP contribution in [0.25, 0.3) is 0 Å². The molecule has 0 atom stereocenters. The first-order valence-corrected chi connectivity index (χ1v) is 9.31. The van der Waals surface area contributed by atoms with Crippen molar-refractivity contribution in [3.63, 3.8) is 0 Å². The number of guanidine groups is 1. The topological polar surface area (TPSA) is 75.2 Å². The van der Waals surface area contributed by atoms with Gasteiger partial charge in [-0.1, -0.05) is 0 Å². The lowest BCUT2D eigenvalue weighted by atomic mass is 10.2. The molecule has 2 N–H and O–H groups in total. The molecule has 1 aliphatic heterocycles. The van der Waals surface area contributed by atoms with Gasteiger partial charge in [0.2, 0.25) is 5.91 Å². The molecular formula is C19H31IN4O3. The highest BCUT2D eigenvalue weighted by Crippen LogP contribution is 2.30. The average molecular weight is 490 g/mol. The summed E-state index contributed by atoms with van der Waals surface area (Å²) in [6, 6.07) is 5.71. The summed E-state index contributed by atoms with van der Waals surface area (Å²) >= 11 is 0. The zero-order chi connectivity index (χ0) is 18.8. The average Bonchev–Trinajstić information content (AvgIpc) is 3.05. The quantitative estimate of drug-likeness (QED) is 0.241. The molecule has 0 unspecified atom stereocenters. The van der Waals surface area contributed by atoms with Gasteiger partial charge < -0.3 is 25.0 Å². The number of ether oxygens (including phenoxy) is 2. The van der Waals surface area contributed by atoms with Crippen molar-refractivity contribution in [2.45, 2.75) is 33.1 Å². The molecule has 0 saturated carbocycles. The Morgan fingerprint density at radius 2 is 2.11 bits per heavy atom. The van der Waals surface area contributed by atoms with Crippen LogP contribution in [0.2, 0.25) is 0 Å². The smallest absolute Gasteiger partial charge is 0.222 e. The van der Waals surface area contributed by atoms with Crippen LogP contribution in [0.3, 0.4) is 0 Å². The highest BCUT2D eigenvalue weighted by atomic mass is 127. The second-order valence-electron chi connectivity index (χ2n) is 6.02. The van der Waals surface area contributed by atoms with Gasteiger partial charge in [0.1, 0.15) is 0 Å². The van der Waals surface area contributed by atoms with Gasteiger partial charge in [-0.2, -0.15) is 0 Å². The number of nitrogens with one attached hydrogen (secondary N) is 2. The maximum absolute atomic E-state index is 11.6. The number of benzene rings is 1. The summed E-state index contributed by atoms with van der Waals surface area (Å²) in [4.78, 5) is 18.1. The normalized spacial score (nSPS) is 14.0. The number of rotatable bonds is 9. The van der Waals surface area contributed by atoms with Crippen LogP contribution in [0.1, 0.15) is 33.1 Å². The summed E-state index contributed by atoms with van der Waals surface area (Å²) in [5.41, 5.74) is 0.875. The number of nitrogens with zero attached hydrogens (tertiary/aromatic N) is 2. The highest BCUT2D eigenvalue weighted by molar-refractivity contribution is 14.0. The van der Waals surface area contributed by atoms with Crippen molar-refractivity contribution in [3.8, 4) is 11.5 Å². The number of anilines is 1. The summed E-state index contributed by atoms with van der Waals surface area (Å²) in [5, 5.41) is 6.52. The first-order chi connectivity index (χ1) is 12.7. The van der Waals surface area contributed by atoms with Gasteiger partial charge in [0.15, 0.2) is 17.5 Å². The standard InChI is InChI=1S/C19H30N4O3.HI/c1-4-20-19(21-11-7-13-23-12-6-8-18(23)24)22-15-9-10-16(26-5-2)17(14-15)25-3;/h9-10,14H,4-8,11-13H2,1-3H3,(H2,20,21,22);1H. The van der Waals surface area contributed by atoms with Crippen molar-refractivity contribution < 1.29 is 14.3 Å². The van der Waals surface area contributed by atoms with E-state index in [1.807, 2.05) is 36.9 Å². The molecule has 0 spiro atoms. The van der Waals surface area contributed by atoms with Crippen molar-refractivity contribution in [1.29, 1.82) is 0 Å². The van der Waals surface area contributed by atoms with Crippen LogP contribution < -0.4 is 20.1 Å². The number of methoxy groups -OCH3 is 1.